The number of methoxy groups -OCH3 is 1. The first-order chi connectivity index (χ1) is 12.8. The molecule has 2 aromatic carbocycles. The number of hydrogen-bond donors (Lipinski definition) is 2. The van der Waals surface area contributed by atoms with Crippen molar-refractivity contribution in [3.05, 3.63) is 64.7 Å². The van der Waals surface area contributed by atoms with Gasteiger partial charge in [-0.3, -0.25) is 9.59 Å². The molecule has 0 spiro atoms. The van der Waals surface area contributed by atoms with Crippen molar-refractivity contribution in [3.8, 4) is 0 Å². The summed E-state index contributed by atoms with van der Waals surface area (Å²) in [6, 6.07) is 7.43. The summed E-state index contributed by atoms with van der Waals surface area (Å²) in [5.74, 6) is -3.43. The smallest absolute Gasteiger partial charge is 0.338 e. The minimum absolute atomic E-state index is 0.0444. The van der Waals surface area contributed by atoms with E-state index >= 15 is 0 Å². The zero-order valence-corrected chi connectivity index (χ0v) is 14.8. The van der Waals surface area contributed by atoms with Crippen LogP contribution in [0.3, 0.4) is 0 Å². The minimum Gasteiger partial charge on any atom is -0.465 e. The van der Waals surface area contributed by atoms with E-state index < -0.39 is 29.4 Å². The van der Waals surface area contributed by atoms with E-state index in [0.29, 0.717) is 22.9 Å². The van der Waals surface area contributed by atoms with Crippen LogP contribution < -0.4 is 10.6 Å². The Balaban J connectivity index is 1.91. The molecule has 0 bridgehead atoms. The fraction of sp³-hybridized carbons (Fsp3) is 0.211. The van der Waals surface area contributed by atoms with Crippen LogP contribution in [0.1, 0.15) is 32.7 Å². The van der Waals surface area contributed by atoms with Crippen molar-refractivity contribution in [3.63, 3.8) is 0 Å². The average molecular weight is 376 g/mol. The number of halogens is 2. The molecule has 0 atom stereocenters. The van der Waals surface area contributed by atoms with Crippen LogP contribution in [0.25, 0.3) is 0 Å². The molecule has 0 unspecified atom stereocenters. The Morgan fingerprint density at radius 1 is 1.07 bits per heavy atom. The SMILES string of the molecule is COC(=O)c1cccc(NC(=O)CCNC(=O)c2ccc(F)cc2F)c1C. The number of carbonyl (C=O) groups excluding carboxylic acids is 3. The van der Waals surface area contributed by atoms with Crippen molar-refractivity contribution in [1.29, 1.82) is 0 Å². The normalized spacial score (nSPS) is 10.2. The highest BCUT2D eigenvalue weighted by atomic mass is 19.1. The summed E-state index contributed by atoms with van der Waals surface area (Å²) in [5, 5.41) is 5.03. The number of anilines is 1. The molecule has 2 N–H and O–H groups in total. The van der Waals surface area contributed by atoms with E-state index in [9.17, 15) is 23.2 Å². The second-order valence-electron chi connectivity index (χ2n) is 5.65. The van der Waals surface area contributed by atoms with Crippen LogP contribution in [0.2, 0.25) is 0 Å². The van der Waals surface area contributed by atoms with Crippen LogP contribution in [-0.2, 0) is 9.53 Å². The molecule has 2 amide bonds. The van der Waals surface area contributed by atoms with E-state index in [1.165, 1.54) is 7.11 Å². The van der Waals surface area contributed by atoms with Crippen molar-refractivity contribution in [2.24, 2.45) is 0 Å². The fourth-order valence-corrected chi connectivity index (χ4v) is 2.37. The van der Waals surface area contributed by atoms with E-state index in [1.54, 1.807) is 25.1 Å². The van der Waals surface area contributed by atoms with Crippen LogP contribution in [0.15, 0.2) is 36.4 Å². The fourth-order valence-electron chi connectivity index (χ4n) is 2.37. The second kappa shape index (κ2) is 8.88. The van der Waals surface area contributed by atoms with Crippen molar-refractivity contribution in [2.75, 3.05) is 19.0 Å². The lowest BCUT2D eigenvalue weighted by molar-refractivity contribution is -0.116. The summed E-state index contributed by atoms with van der Waals surface area (Å²) in [6.07, 6.45) is -0.0730. The Bertz CT molecular complexity index is 884. The Hall–Kier alpha value is -3.29. The summed E-state index contributed by atoms with van der Waals surface area (Å²) in [5.41, 5.74) is 1.02. The largest absolute Gasteiger partial charge is 0.465 e. The lowest BCUT2D eigenvalue weighted by Gasteiger charge is -2.12. The standard InChI is InChI=1S/C19H18F2N2O4/c1-11-13(19(26)27-2)4-3-5-16(11)23-17(24)8-9-22-18(25)14-7-6-12(20)10-15(14)21/h3-7,10H,8-9H2,1-2H3,(H,22,25)(H,23,24). The molecular weight excluding hydrogens is 358 g/mol. The number of ether oxygens (including phenoxy) is 1. The summed E-state index contributed by atoms with van der Waals surface area (Å²) in [6.45, 7) is 1.62. The molecule has 2 rings (SSSR count). The molecule has 27 heavy (non-hydrogen) atoms. The number of hydrogen-bond acceptors (Lipinski definition) is 4. The Morgan fingerprint density at radius 3 is 2.48 bits per heavy atom. The molecule has 0 heterocycles. The van der Waals surface area contributed by atoms with E-state index in [1.807, 2.05) is 0 Å². The average Bonchev–Trinajstić information content (AvgIpc) is 2.62. The molecule has 6 nitrogen and oxygen atoms in total. The first kappa shape index (κ1) is 20.0. The lowest BCUT2D eigenvalue weighted by atomic mass is 10.1. The summed E-state index contributed by atoms with van der Waals surface area (Å²) in [7, 11) is 1.26. The molecule has 0 aliphatic heterocycles. The third-order valence-electron chi connectivity index (χ3n) is 3.83. The van der Waals surface area contributed by atoms with Crippen LogP contribution in [0.4, 0.5) is 14.5 Å². The van der Waals surface area contributed by atoms with Crippen LogP contribution in [0.5, 0.6) is 0 Å². The maximum Gasteiger partial charge on any atom is 0.338 e. The van der Waals surface area contributed by atoms with Gasteiger partial charge in [0.2, 0.25) is 5.91 Å². The van der Waals surface area contributed by atoms with E-state index in [4.69, 9.17) is 0 Å². The number of rotatable bonds is 6. The first-order valence-electron chi connectivity index (χ1n) is 8.04. The molecule has 0 aromatic heterocycles. The second-order valence-corrected chi connectivity index (χ2v) is 5.65. The van der Waals surface area contributed by atoms with Crippen molar-refractivity contribution >= 4 is 23.5 Å². The molecule has 8 heteroatoms. The summed E-state index contributed by atoms with van der Waals surface area (Å²) < 4.78 is 31.1. The van der Waals surface area contributed by atoms with Gasteiger partial charge in [0.1, 0.15) is 11.6 Å². The van der Waals surface area contributed by atoms with Gasteiger partial charge in [0, 0.05) is 24.7 Å². The van der Waals surface area contributed by atoms with Gasteiger partial charge in [-0.25, -0.2) is 13.6 Å². The van der Waals surface area contributed by atoms with Crippen molar-refractivity contribution in [1.82, 2.24) is 5.32 Å². The monoisotopic (exact) mass is 376 g/mol. The predicted molar refractivity (Wildman–Crippen MR) is 94.5 cm³/mol. The number of benzene rings is 2. The molecule has 0 saturated carbocycles. The summed E-state index contributed by atoms with van der Waals surface area (Å²) in [4.78, 5) is 35.6. The highest BCUT2D eigenvalue weighted by Gasteiger charge is 2.15. The summed E-state index contributed by atoms with van der Waals surface area (Å²) >= 11 is 0. The van der Waals surface area contributed by atoms with Crippen molar-refractivity contribution in [2.45, 2.75) is 13.3 Å². The lowest BCUT2D eigenvalue weighted by Crippen LogP contribution is -2.28. The van der Waals surface area contributed by atoms with Gasteiger partial charge < -0.3 is 15.4 Å². The van der Waals surface area contributed by atoms with Gasteiger partial charge in [-0.05, 0) is 36.8 Å². The van der Waals surface area contributed by atoms with Gasteiger partial charge in [-0.2, -0.15) is 0 Å². The quantitative estimate of drug-likeness (QED) is 0.760. The predicted octanol–water partition coefficient (Wildman–Crippen LogP) is 2.82. The zero-order valence-electron chi connectivity index (χ0n) is 14.8. The van der Waals surface area contributed by atoms with E-state index in [-0.39, 0.29) is 18.5 Å². The van der Waals surface area contributed by atoms with Gasteiger partial charge in [0.05, 0.1) is 18.2 Å². The first-order valence-corrected chi connectivity index (χ1v) is 8.04. The van der Waals surface area contributed by atoms with Gasteiger partial charge >= 0.3 is 5.97 Å². The Kier molecular flexibility index (Phi) is 6.59. The molecule has 0 saturated heterocycles. The van der Waals surface area contributed by atoms with Gasteiger partial charge in [-0.15, -0.1) is 0 Å². The van der Waals surface area contributed by atoms with E-state index in [2.05, 4.69) is 15.4 Å². The molecular formula is C19H18F2N2O4. The Labute approximate surface area is 154 Å². The molecule has 142 valence electrons. The third kappa shape index (κ3) is 5.10. The van der Waals surface area contributed by atoms with E-state index in [0.717, 1.165) is 12.1 Å². The Morgan fingerprint density at radius 2 is 1.81 bits per heavy atom. The topological polar surface area (TPSA) is 84.5 Å². The minimum atomic E-state index is -0.979. The van der Waals surface area contributed by atoms with Gasteiger partial charge in [0.25, 0.3) is 5.91 Å². The zero-order chi connectivity index (χ0) is 20.0. The number of carbonyl (C=O) groups is 3. The maximum atomic E-state index is 13.5. The third-order valence-corrected chi connectivity index (χ3v) is 3.83. The number of nitrogens with one attached hydrogen (secondary N) is 2. The highest BCUT2D eigenvalue weighted by Crippen LogP contribution is 2.19. The van der Waals surface area contributed by atoms with Crippen LogP contribution in [-0.4, -0.2) is 31.4 Å². The molecule has 0 radical (unpaired) electrons. The molecule has 0 aliphatic rings. The maximum absolute atomic E-state index is 13.5. The molecule has 2 aromatic rings. The van der Waals surface area contributed by atoms with Gasteiger partial charge in [0.15, 0.2) is 0 Å². The highest BCUT2D eigenvalue weighted by molar-refractivity contribution is 5.97. The van der Waals surface area contributed by atoms with Crippen LogP contribution in [0, 0.1) is 18.6 Å². The molecule has 0 aliphatic carbocycles. The van der Waals surface area contributed by atoms with Crippen molar-refractivity contribution < 1.29 is 27.9 Å². The van der Waals surface area contributed by atoms with Crippen LogP contribution >= 0.6 is 0 Å². The number of amides is 2. The number of esters is 1. The van der Waals surface area contributed by atoms with Gasteiger partial charge in [-0.1, -0.05) is 6.07 Å². The molecule has 0 fully saturated rings.